The molecule has 1 aromatic carbocycles. The maximum atomic E-state index is 12.4. The Balaban J connectivity index is 1.87. The summed E-state index contributed by atoms with van der Waals surface area (Å²) < 4.78 is 0. The molecule has 5 heteroatoms. The maximum absolute atomic E-state index is 12.4. The van der Waals surface area contributed by atoms with Crippen molar-refractivity contribution in [3.05, 3.63) is 58.3 Å². The number of rotatable bonds is 5. The van der Waals surface area contributed by atoms with Gasteiger partial charge in [0.2, 0.25) is 5.91 Å². The molecule has 120 valence electrons. The van der Waals surface area contributed by atoms with E-state index in [2.05, 4.69) is 0 Å². The lowest BCUT2D eigenvalue weighted by Crippen LogP contribution is -2.46. The summed E-state index contributed by atoms with van der Waals surface area (Å²) in [6.07, 6.45) is 1.48. The predicted octanol–water partition coefficient (Wildman–Crippen LogP) is 3.36. The van der Waals surface area contributed by atoms with Crippen LogP contribution < -0.4 is 0 Å². The number of nitrogens with zero attached hydrogens (tertiary/aromatic N) is 1. The standard InChI is InChI=1S/C18H19NO3S/c20-16-9-8-15(18(21)22)17(13-5-2-1-3-6-13)19(16)11-10-14-7-4-12-23-14/h1-7,12,15,17H,8-11H2,(H,21,22)/t15-,17+/m1/s1. The number of carboxylic acid groups (broad SMARTS) is 1. The highest BCUT2D eigenvalue weighted by atomic mass is 32.1. The minimum atomic E-state index is -0.826. The summed E-state index contributed by atoms with van der Waals surface area (Å²) in [4.78, 5) is 27.1. The molecule has 1 saturated heterocycles. The fraction of sp³-hybridized carbons (Fsp3) is 0.333. The number of hydrogen-bond acceptors (Lipinski definition) is 3. The summed E-state index contributed by atoms with van der Waals surface area (Å²) >= 11 is 1.66. The van der Waals surface area contributed by atoms with Gasteiger partial charge in [-0.3, -0.25) is 9.59 Å². The van der Waals surface area contributed by atoms with Gasteiger partial charge in [0.05, 0.1) is 12.0 Å². The molecular weight excluding hydrogens is 310 g/mol. The fourth-order valence-corrected chi connectivity index (χ4v) is 3.92. The Morgan fingerprint density at radius 2 is 2.00 bits per heavy atom. The van der Waals surface area contributed by atoms with Gasteiger partial charge in [0.1, 0.15) is 0 Å². The minimum Gasteiger partial charge on any atom is -0.481 e. The van der Waals surface area contributed by atoms with Crippen molar-refractivity contribution in [3.8, 4) is 0 Å². The van der Waals surface area contributed by atoms with E-state index in [9.17, 15) is 14.7 Å². The van der Waals surface area contributed by atoms with E-state index >= 15 is 0 Å². The second-order valence-electron chi connectivity index (χ2n) is 5.76. The van der Waals surface area contributed by atoms with Gasteiger partial charge in [-0.25, -0.2) is 0 Å². The molecule has 0 saturated carbocycles. The molecule has 1 aliphatic rings. The number of aliphatic carboxylic acids is 1. The van der Waals surface area contributed by atoms with Crippen LogP contribution in [0.1, 0.15) is 29.3 Å². The number of benzene rings is 1. The molecule has 0 radical (unpaired) electrons. The second-order valence-corrected chi connectivity index (χ2v) is 6.79. The normalized spacial score (nSPS) is 21.4. The molecule has 1 N–H and O–H groups in total. The summed E-state index contributed by atoms with van der Waals surface area (Å²) in [5.41, 5.74) is 0.902. The van der Waals surface area contributed by atoms with Crippen molar-refractivity contribution in [1.82, 2.24) is 4.90 Å². The lowest BCUT2D eigenvalue weighted by Gasteiger charge is -2.39. The molecule has 1 amide bonds. The van der Waals surface area contributed by atoms with Crippen LogP contribution in [0.15, 0.2) is 47.8 Å². The quantitative estimate of drug-likeness (QED) is 0.915. The molecule has 1 aliphatic heterocycles. The number of likely N-dealkylation sites (tertiary alicyclic amines) is 1. The first-order valence-corrected chi connectivity index (χ1v) is 8.64. The zero-order valence-electron chi connectivity index (χ0n) is 12.7. The van der Waals surface area contributed by atoms with Crippen LogP contribution >= 0.6 is 11.3 Å². The first-order valence-electron chi connectivity index (χ1n) is 7.76. The van der Waals surface area contributed by atoms with Crippen LogP contribution in [0, 0.1) is 5.92 Å². The fourth-order valence-electron chi connectivity index (χ4n) is 3.22. The Bertz CT molecular complexity index is 669. The van der Waals surface area contributed by atoms with Crippen molar-refractivity contribution in [2.75, 3.05) is 6.54 Å². The molecule has 0 bridgehead atoms. The first kappa shape index (κ1) is 15.7. The van der Waals surface area contributed by atoms with Crippen molar-refractivity contribution in [2.45, 2.75) is 25.3 Å². The van der Waals surface area contributed by atoms with Crippen molar-refractivity contribution in [1.29, 1.82) is 0 Å². The van der Waals surface area contributed by atoms with E-state index in [-0.39, 0.29) is 11.9 Å². The third-order valence-corrected chi connectivity index (χ3v) is 5.28. The molecule has 2 atom stereocenters. The van der Waals surface area contributed by atoms with Gasteiger partial charge in [-0.05, 0) is 29.9 Å². The Hall–Kier alpha value is -2.14. The topological polar surface area (TPSA) is 57.6 Å². The van der Waals surface area contributed by atoms with Crippen LogP contribution in [0.2, 0.25) is 0 Å². The summed E-state index contributed by atoms with van der Waals surface area (Å²) in [6.45, 7) is 0.558. The number of carbonyl (C=O) groups excluding carboxylic acids is 1. The lowest BCUT2D eigenvalue weighted by molar-refractivity contribution is -0.152. The molecule has 0 spiro atoms. The van der Waals surface area contributed by atoms with E-state index in [1.165, 1.54) is 4.88 Å². The van der Waals surface area contributed by atoms with E-state index in [1.807, 2.05) is 47.8 Å². The van der Waals surface area contributed by atoms with E-state index in [0.29, 0.717) is 19.4 Å². The third kappa shape index (κ3) is 3.45. The van der Waals surface area contributed by atoms with Gasteiger partial charge in [0, 0.05) is 17.8 Å². The van der Waals surface area contributed by atoms with E-state index < -0.39 is 11.9 Å². The van der Waals surface area contributed by atoms with Gasteiger partial charge in [0.25, 0.3) is 0 Å². The lowest BCUT2D eigenvalue weighted by atomic mass is 9.84. The summed E-state index contributed by atoms with van der Waals surface area (Å²) in [7, 11) is 0. The van der Waals surface area contributed by atoms with Gasteiger partial charge in [-0.1, -0.05) is 36.4 Å². The first-order chi connectivity index (χ1) is 11.2. The smallest absolute Gasteiger partial charge is 0.308 e. The zero-order valence-corrected chi connectivity index (χ0v) is 13.5. The van der Waals surface area contributed by atoms with Crippen molar-refractivity contribution < 1.29 is 14.7 Å². The molecule has 2 aromatic rings. The summed E-state index contributed by atoms with van der Waals surface area (Å²) in [5, 5.41) is 11.6. The highest BCUT2D eigenvalue weighted by Crippen LogP contribution is 2.37. The average Bonchev–Trinajstić information content (AvgIpc) is 3.07. The molecular formula is C18H19NO3S. The van der Waals surface area contributed by atoms with Crippen LogP contribution in [0.5, 0.6) is 0 Å². The number of carbonyl (C=O) groups is 2. The Labute approximate surface area is 139 Å². The van der Waals surface area contributed by atoms with Crippen LogP contribution in [0.25, 0.3) is 0 Å². The van der Waals surface area contributed by atoms with Crippen LogP contribution in [0.4, 0.5) is 0 Å². The Kier molecular flexibility index (Phi) is 4.76. The van der Waals surface area contributed by atoms with Crippen LogP contribution in [0.3, 0.4) is 0 Å². The van der Waals surface area contributed by atoms with Gasteiger partial charge < -0.3 is 10.0 Å². The zero-order chi connectivity index (χ0) is 16.2. The van der Waals surface area contributed by atoms with Gasteiger partial charge >= 0.3 is 5.97 Å². The number of amides is 1. The molecule has 1 aromatic heterocycles. The van der Waals surface area contributed by atoms with E-state index in [4.69, 9.17) is 0 Å². The van der Waals surface area contributed by atoms with Crippen LogP contribution in [-0.2, 0) is 16.0 Å². The SMILES string of the molecule is O=C(O)[C@@H]1CCC(=O)N(CCc2cccs2)[C@H]1c1ccccc1. The maximum Gasteiger partial charge on any atom is 0.308 e. The summed E-state index contributed by atoms with van der Waals surface area (Å²) in [5.74, 6) is -1.32. The molecule has 0 unspecified atom stereocenters. The van der Waals surface area contributed by atoms with Crippen molar-refractivity contribution in [2.24, 2.45) is 5.92 Å². The van der Waals surface area contributed by atoms with Gasteiger partial charge in [-0.15, -0.1) is 11.3 Å². The van der Waals surface area contributed by atoms with Crippen LogP contribution in [-0.4, -0.2) is 28.4 Å². The highest BCUT2D eigenvalue weighted by molar-refractivity contribution is 7.09. The van der Waals surface area contributed by atoms with E-state index in [1.54, 1.807) is 16.2 Å². The number of piperidine rings is 1. The largest absolute Gasteiger partial charge is 0.481 e. The number of thiophene rings is 1. The van der Waals surface area contributed by atoms with Gasteiger partial charge in [0.15, 0.2) is 0 Å². The number of hydrogen-bond donors (Lipinski definition) is 1. The minimum absolute atomic E-state index is 0.0490. The second kappa shape index (κ2) is 6.96. The number of carboxylic acids is 1. The van der Waals surface area contributed by atoms with E-state index in [0.717, 1.165) is 12.0 Å². The highest BCUT2D eigenvalue weighted by Gasteiger charge is 2.40. The van der Waals surface area contributed by atoms with Crippen molar-refractivity contribution in [3.63, 3.8) is 0 Å². The molecule has 4 nitrogen and oxygen atoms in total. The molecule has 0 aliphatic carbocycles. The Morgan fingerprint density at radius 3 is 2.65 bits per heavy atom. The molecule has 2 heterocycles. The van der Waals surface area contributed by atoms with Gasteiger partial charge in [-0.2, -0.15) is 0 Å². The monoisotopic (exact) mass is 329 g/mol. The molecule has 1 fully saturated rings. The average molecular weight is 329 g/mol. The van der Waals surface area contributed by atoms with Crippen molar-refractivity contribution >= 4 is 23.2 Å². The molecule has 3 rings (SSSR count). The third-order valence-electron chi connectivity index (χ3n) is 4.34. The summed E-state index contributed by atoms with van der Waals surface area (Å²) in [6, 6.07) is 13.2. The molecule has 23 heavy (non-hydrogen) atoms. The predicted molar refractivity (Wildman–Crippen MR) is 89.3 cm³/mol. The Morgan fingerprint density at radius 1 is 1.22 bits per heavy atom.